The number of fused-ring (bicyclic) bond motifs is 1. The van der Waals surface area contributed by atoms with Gasteiger partial charge in [-0.2, -0.15) is 0 Å². The average molecular weight is 498 g/mol. The van der Waals surface area contributed by atoms with E-state index in [9.17, 15) is 18.4 Å². The minimum Gasteiger partial charge on any atom is -0.441 e. The van der Waals surface area contributed by atoms with Gasteiger partial charge in [-0.05, 0) is 57.2 Å². The van der Waals surface area contributed by atoms with Crippen LogP contribution in [0.1, 0.15) is 43.5 Å². The molecular weight excluding hydrogens is 472 g/mol. The zero-order valence-corrected chi connectivity index (χ0v) is 20.0. The normalized spacial score (nSPS) is 23.0. The van der Waals surface area contributed by atoms with Crippen LogP contribution in [0, 0.1) is 24.6 Å². The van der Waals surface area contributed by atoms with E-state index in [0.29, 0.717) is 41.2 Å². The summed E-state index contributed by atoms with van der Waals surface area (Å²) < 4.78 is 34.4. The Hall–Kier alpha value is -3.96. The van der Waals surface area contributed by atoms with Gasteiger partial charge in [0.1, 0.15) is 17.6 Å². The number of hydrogen-bond acceptors (Lipinski definition) is 7. The number of rotatable bonds is 6. The highest BCUT2D eigenvalue weighted by Gasteiger charge is 2.58. The number of carbonyl (C=O) groups is 2. The SMILES string of the molecule is Cc1ncc(F)cc1[C@@H](C)OC(=O)Nc1c(-c2ccc(NC(=O)C3CC4(F)CC3C4)cn2)nnn1C. The molecule has 0 radical (unpaired) electrons. The number of halogens is 2. The van der Waals surface area contributed by atoms with Crippen LogP contribution in [0.4, 0.5) is 25.1 Å². The lowest BCUT2D eigenvalue weighted by Gasteiger charge is -2.30. The summed E-state index contributed by atoms with van der Waals surface area (Å²) in [6.07, 6.45) is 2.22. The quantitative estimate of drug-likeness (QED) is 0.525. The van der Waals surface area contributed by atoms with Crippen molar-refractivity contribution in [2.24, 2.45) is 18.9 Å². The molecule has 3 fully saturated rings. The largest absolute Gasteiger partial charge is 0.441 e. The molecule has 2 amide bonds. The zero-order chi connectivity index (χ0) is 25.6. The fourth-order valence-corrected chi connectivity index (χ4v) is 5.00. The van der Waals surface area contributed by atoms with Crippen molar-refractivity contribution < 1.29 is 23.1 Å². The number of aryl methyl sites for hydroxylation is 2. The molecular formula is C24H25F2N7O3. The van der Waals surface area contributed by atoms with Crippen molar-refractivity contribution in [3.05, 3.63) is 47.7 Å². The van der Waals surface area contributed by atoms with Gasteiger partial charge in [-0.3, -0.25) is 20.1 Å². The summed E-state index contributed by atoms with van der Waals surface area (Å²) in [5, 5.41) is 13.4. The summed E-state index contributed by atoms with van der Waals surface area (Å²) in [6, 6.07) is 4.56. The first-order valence-corrected chi connectivity index (χ1v) is 11.6. The summed E-state index contributed by atoms with van der Waals surface area (Å²) in [6.45, 7) is 3.31. The first kappa shape index (κ1) is 23.8. The summed E-state index contributed by atoms with van der Waals surface area (Å²) in [7, 11) is 1.59. The molecule has 2 bridgehead atoms. The van der Waals surface area contributed by atoms with E-state index in [4.69, 9.17) is 4.74 Å². The Bertz CT molecular complexity index is 1320. The second-order valence-electron chi connectivity index (χ2n) is 9.46. The number of carbonyl (C=O) groups excluding carboxylic acids is 2. The monoisotopic (exact) mass is 497 g/mol. The van der Waals surface area contributed by atoms with Crippen LogP contribution in [0.5, 0.6) is 0 Å². The Morgan fingerprint density at radius 2 is 1.97 bits per heavy atom. The lowest BCUT2D eigenvalue weighted by atomic mass is 9.80. The number of ether oxygens (including phenoxy) is 1. The maximum absolute atomic E-state index is 14.1. The zero-order valence-electron chi connectivity index (χ0n) is 20.0. The number of pyridine rings is 2. The molecule has 2 N–H and O–H groups in total. The van der Waals surface area contributed by atoms with Crippen molar-refractivity contribution in [1.82, 2.24) is 25.0 Å². The van der Waals surface area contributed by atoms with Crippen LogP contribution in [-0.2, 0) is 16.6 Å². The average Bonchev–Trinajstić information content (AvgIpc) is 3.46. The smallest absolute Gasteiger partial charge is 0.413 e. The lowest BCUT2D eigenvalue weighted by Crippen LogP contribution is -2.31. The van der Waals surface area contributed by atoms with E-state index in [1.165, 1.54) is 16.9 Å². The molecule has 6 rings (SSSR count). The van der Waals surface area contributed by atoms with Gasteiger partial charge < -0.3 is 10.1 Å². The van der Waals surface area contributed by atoms with Crippen molar-refractivity contribution >= 4 is 23.5 Å². The van der Waals surface area contributed by atoms with Crippen LogP contribution in [0.25, 0.3) is 11.4 Å². The second-order valence-corrected chi connectivity index (χ2v) is 9.46. The highest BCUT2D eigenvalue weighted by molar-refractivity contribution is 5.93. The Kier molecular flexibility index (Phi) is 5.89. The topological polar surface area (TPSA) is 124 Å². The molecule has 10 nitrogen and oxygen atoms in total. The number of amides is 2. The number of anilines is 2. The molecule has 0 aliphatic heterocycles. The van der Waals surface area contributed by atoms with Gasteiger partial charge in [0, 0.05) is 24.2 Å². The fourth-order valence-electron chi connectivity index (χ4n) is 5.00. The maximum Gasteiger partial charge on any atom is 0.413 e. The van der Waals surface area contributed by atoms with Gasteiger partial charge in [0.05, 0.1) is 23.8 Å². The van der Waals surface area contributed by atoms with Crippen LogP contribution in [-0.4, -0.2) is 42.6 Å². The molecule has 2 atom stereocenters. The maximum atomic E-state index is 14.1. The van der Waals surface area contributed by atoms with E-state index in [2.05, 4.69) is 30.9 Å². The lowest BCUT2D eigenvalue weighted by molar-refractivity contribution is -0.120. The molecule has 0 aromatic carbocycles. The third-order valence-corrected chi connectivity index (χ3v) is 6.88. The molecule has 3 aliphatic rings. The number of aromatic nitrogens is 5. The molecule has 0 saturated heterocycles. The van der Waals surface area contributed by atoms with Gasteiger partial charge in [0.2, 0.25) is 5.91 Å². The molecule has 0 spiro atoms. The molecule has 1 unspecified atom stereocenters. The summed E-state index contributed by atoms with van der Waals surface area (Å²) in [5.41, 5.74) is 0.997. The minimum atomic E-state index is -1.17. The number of alkyl halides is 1. The molecule has 12 heteroatoms. The van der Waals surface area contributed by atoms with Crippen LogP contribution in [0.3, 0.4) is 0 Å². The van der Waals surface area contributed by atoms with E-state index in [0.717, 1.165) is 6.20 Å². The number of hydrogen-bond donors (Lipinski definition) is 2. The van der Waals surface area contributed by atoms with Gasteiger partial charge in [-0.15, -0.1) is 5.10 Å². The van der Waals surface area contributed by atoms with Gasteiger partial charge in [-0.25, -0.2) is 18.3 Å². The van der Waals surface area contributed by atoms with Crippen molar-refractivity contribution in [3.8, 4) is 11.4 Å². The summed E-state index contributed by atoms with van der Waals surface area (Å²) in [5.74, 6) is -0.690. The van der Waals surface area contributed by atoms with Gasteiger partial charge in [0.25, 0.3) is 0 Å². The molecule has 3 aliphatic carbocycles. The molecule has 36 heavy (non-hydrogen) atoms. The number of nitrogens with one attached hydrogen (secondary N) is 2. The van der Waals surface area contributed by atoms with Crippen LogP contribution in [0.2, 0.25) is 0 Å². The third kappa shape index (κ3) is 4.50. The minimum absolute atomic E-state index is 0.110. The van der Waals surface area contributed by atoms with Crippen molar-refractivity contribution in [3.63, 3.8) is 0 Å². The Morgan fingerprint density at radius 1 is 1.19 bits per heavy atom. The van der Waals surface area contributed by atoms with Crippen molar-refractivity contribution in [1.29, 1.82) is 0 Å². The Labute approximate surface area is 205 Å². The summed E-state index contributed by atoms with van der Waals surface area (Å²) >= 11 is 0. The fraction of sp³-hybridized carbons (Fsp3) is 0.417. The van der Waals surface area contributed by atoms with E-state index in [-0.39, 0.29) is 30.0 Å². The highest BCUT2D eigenvalue weighted by Crippen LogP contribution is 2.58. The molecule has 3 saturated carbocycles. The van der Waals surface area contributed by atoms with Gasteiger partial charge >= 0.3 is 6.09 Å². The first-order chi connectivity index (χ1) is 17.1. The van der Waals surface area contributed by atoms with Crippen molar-refractivity contribution in [2.75, 3.05) is 10.6 Å². The molecule has 3 heterocycles. The standard InChI is InChI=1S/C24H25F2N7O3/c1-12-17(6-15(25)10-27-12)13(2)36-23(35)30-21-20(31-32-33(21)3)19-5-4-16(11-28-19)29-22(34)18-9-24(26)7-14(18)8-24/h4-6,10-11,13-14,18H,7-9H2,1-3H3,(H,29,34)(H,30,35)/t13-,14?,18?,24?/m1/s1. The van der Waals surface area contributed by atoms with E-state index >= 15 is 0 Å². The predicted octanol–water partition coefficient (Wildman–Crippen LogP) is 4.11. The van der Waals surface area contributed by atoms with Crippen molar-refractivity contribution in [2.45, 2.75) is 44.9 Å². The molecule has 188 valence electrons. The number of nitrogens with zero attached hydrogens (tertiary/aromatic N) is 5. The molecule has 3 aromatic rings. The van der Waals surface area contributed by atoms with Gasteiger partial charge in [0.15, 0.2) is 11.5 Å². The van der Waals surface area contributed by atoms with E-state index < -0.39 is 23.7 Å². The second kappa shape index (κ2) is 8.92. The Balaban J connectivity index is 1.25. The first-order valence-electron chi connectivity index (χ1n) is 11.6. The highest BCUT2D eigenvalue weighted by atomic mass is 19.1. The van der Waals surface area contributed by atoms with E-state index in [1.54, 1.807) is 33.0 Å². The molecule has 3 aromatic heterocycles. The third-order valence-electron chi connectivity index (χ3n) is 6.88. The van der Waals surface area contributed by atoms with Crippen LogP contribution >= 0.6 is 0 Å². The predicted molar refractivity (Wildman–Crippen MR) is 125 cm³/mol. The van der Waals surface area contributed by atoms with Gasteiger partial charge in [-0.1, -0.05) is 5.21 Å². The van der Waals surface area contributed by atoms with Crippen LogP contribution in [0.15, 0.2) is 30.6 Å². The Morgan fingerprint density at radius 3 is 2.64 bits per heavy atom. The van der Waals surface area contributed by atoms with Crippen LogP contribution < -0.4 is 10.6 Å². The summed E-state index contributed by atoms with van der Waals surface area (Å²) in [4.78, 5) is 33.4. The van der Waals surface area contributed by atoms with E-state index in [1.807, 2.05) is 0 Å².